The molecule has 1 fully saturated rings. The van der Waals surface area contributed by atoms with Crippen molar-refractivity contribution in [2.24, 2.45) is 0 Å². The maximum Gasteiger partial charge on any atom is 0.321 e. The Hall–Kier alpha value is -2.44. The molecule has 0 unspecified atom stereocenters. The normalized spacial score (nSPS) is 14.4. The van der Waals surface area contributed by atoms with Crippen LogP contribution in [0.4, 0.5) is 21.0 Å². The highest BCUT2D eigenvalue weighted by Gasteiger charge is 2.22. The molecular weight excluding hydrogens is 387 g/mol. The molecule has 2 N–H and O–H groups in total. The summed E-state index contributed by atoms with van der Waals surface area (Å²) in [7, 11) is 0. The Morgan fingerprint density at radius 2 is 1.11 bits per heavy atom. The van der Waals surface area contributed by atoms with E-state index in [1.165, 1.54) is 0 Å². The van der Waals surface area contributed by atoms with Crippen LogP contribution in [0.3, 0.4) is 0 Å². The number of benzene rings is 2. The van der Waals surface area contributed by atoms with Gasteiger partial charge in [0.25, 0.3) is 0 Å². The summed E-state index contributed by atoms with van der Waals surface area (Å²) in [6.45, 7) is 2.00. The molecule has 1 saturated heterocycles. The van der Waals surface area contributed by atoms with Gasteiger partial charge < -0.3 is 20.4 Å². The molecule has 3 rings (SSSR count). The Morgan fingerprint density at radius 3 is 1.52 bits per heavy atom. The lowest BCUT2D eigenvalue weighted by Crippen LogP contribution is -2.40. The van der Waals surface area contributed by atoms with Crippen molar-refractivity contribution in [3.05, 3.63) is 58.6 Å². The fraction of sp³-hybridized carbons (Fsp3) is 0.263. The average Bonchev–Trinajstić information content (AvgIpc) is 2.92. The molecule has 0 radical (unpaired) electrons. The van der Waals surface area contributed by atoms with Crippen molar-refractivity contribution in [3.63, 3.8) is 0 Å². The summed E-state index contributed by atoms with van der Waals surface area (Å²) < 4.78 is 0. The Labute approximate surface area is 168 Å². The number of anilines is 2. The van der Waals surface area contributed by atoms with E-state index in [0.29, 0.717) is 54.0 Å². The van der Waals surface area contributed by atoms with Crippen LogP contribution in [0.5, 0.6) is 0 Å². The van der Waals surface area contributed by atoms with Gasteiger partial charge in [0.05, 0.1) is 21.4 Å². The van der Waals surface area contributed by atoms with Crippen molar-refractivity contribution >= 4 is 46.6 Å². The molecule has 27 heavy (non-hydrogen) atoms. The second-order valence-electron chi connectivity index (χ2n) is 6.15. The maximum atomic E-state index is 12.5. The zero-order valence-electron chi connectivity index (χ0n) is 14.6. The number of nitrogens with one attached hydrogen (secondary N) is 2. The van der Waals surface area contributed by atoms with Crippen molar-refractivity contribution in [1.82, 2.24) is 9.80 Å². The van der Waals surface area contributed by atoms with Crippen LogP contribution in [0, 0.1) is 0 Å². The van der Waals surface area contributed by atoms with E-state index in [9.17, 15) is 9.59 Å². The number of nitrogens with zero attached hydrogens (tertiary/aromatic N) is 2. The third-order valence-electron chi connectivity index (χ3n) is 4.30. The molecule has 142 valence electrons. The fourth-order valence-corrected chi connectivity index (χ4v) is 3.20. The van der Waals surface area contributed by atoms with Crippen molar-refractivity contribution in [2.45, 2.75) is 6.42 Å². The molecule has 0 bridgehead atoms. The lowest BCUT2D eigenvalue weighted by atomic mass is 10.3. The quantitative estimate of drug-likeness (QED) is 0.754. The van der Waals surface area contributed by atoms with E-state index in [4.69, 9.17) is 23.2 Å². The third kappa shape index (κ3) is 5.05. The van der Waals surface area contributed by atoms with Crippen LogP contribution in [0.1, 0.15) is 6.42 Å². The van der Waals surface area contributed by atoms with Crippen molar-refractivity contribution < 1.29 is 9.59 Å². The Kier molecular flexibility index (Phi) is 6.42. The summed E-state index contributed by atoms with van der Waals surface area (Å²) in [5.41, 5.74) is 1.14. The van der Waals surface area contributed by atoms with Crippen LogP contribution in [0.15, 0.2) is 48.5 Å². The van der Waals surface area contributed by atoms with Crippen LogP contribution in [-0.2, 0) is 0 Å². The van der Waals surface area contributed by atoms with Gasteiger partial charge in [-0.2, -0.15) is 0 Å². The molecule has 1 aliphatic rings. The average molecular weight is 407 g/mol. The van der Waals surface area contributed by atoms with Crippen molar-refractivity contribution in [2.75, 3.05) is 36.8 Å². The van der Waals surface area contributed by atoms with Gasteiger partial charge in [0.15, 0.2) is 0 Å². The van der Waals surface area contributed by atoms with Gasteiger partial charge >= 0.3 is 12.1 Å². The molecule has 0 aromatic heterocycles. The van der Waals surface area contributed by atoms with Gasteiger partial charge in [-0.1, -0.05) is 47.5 Å². The maximum absolute atomic E-state index is 12.5. The van der Waals surface area contributed by atoms with Gasteiger partial charge in [-0.3, -0.25) is 0 Å². The minimum absolute atomic E-state index is 0.225. The molecule has 1 heterocycles. The van der Waals surface area contributed by atoms with Crippen LogP contribution in [-0.4, -0.2) is 48.0 Å². The van der Waals surface area contributed by atoms with Crippen molar-refractivity contribution in [3.8, 4) is 0 Å². The second-order valence-corrected chi connectivity index (χ2v) is 6.96. The smallest absolute Gasteiger partial charge is 0.321 e. The molecule has 0 spiro atoms. The van der Waals surface area contributed by atoms with Crippen LogP contribution in [0.25, 0.3) is 0 Å². The molecule has 2 aromatic carbocycles. The van der Waals surface area contributed by atoms with Gasteiger partial charge in [-0.05, 0) is 30.7 Å². The third-order valence-corrected chi connectivity index (χ3v) is 4.96. The van der Waals surface area contributed by atoms with E-state index in [-0.39, 0.29) is 12.1 Å². The number of halogens is 2. The van der Waals surface area contributed by atoms with E-state index >= 15 is 0 Å². The number of para-hydroxylation sites is 2. The monoisotopic (exact) mass is 406 g/mol. The first kappa shape index (κ1) is 19.3. The topological polar surface area (TPSA) is 64.7 Å². The lowest BCUT2D eigenvalue weighted by Gasteiger charge is -2.23. The molecule has 0 saturated carbocycles. The first-order valence-corrected chi connectivity index (χ1v) is 9.41. The van der Waals surface area contributed by atoms with Crippen LogP contribution < -0.4 is 10.6 Å². The zero-order chi connectivity index (χ0) is 19.2. The Morgan fingerprint density at radius 1 is 0.704 bits per heavy atom. The minimum atomic E-state index is -0.225. The number of urea groups is 2. The standard InChI is InChI=1S/C19H20Cl2N4O2/c20-14-6-1-3-8-16(14)22-18(26)24-10-5-11-25(13-12-24)19(27)23-17-9-4-2-7-15(17)21/h1-4,6-9H,5,10-13H2,(H,22,26)(H,23,27). The van der Waals surface area contributed by atoms with E-state index < -0.39 is 0 Å². The first-order valence-electron chi connectivity index (χ1n) is 8.65. The second kappa shape index (κ2) is 8.97. The predicted molar refractivity (Wildman–Crippen MR) is 109 cm³/mol. The van der Waals surface area contributed by atoms with Gasteiger partial charge in [0.2, 0.25) is 0 Å². The predicted octanol–water partition coefficient (Wildman–Crippen LogP) is 4.77. The largest absolute Gasteiger partial charge is 0.323 e. The molecule has 0 aliphatic carbocycles. The van der Waals surface area contributed by atoms with E-state index in [2.05, 4.69) is 10.6 Å². The van der Waals surface area contributed by atoms with E-state index in [0.717, 1.165) is 0 Å². The lowest BCUT2D eigenvalue weighted by molar-refractivity contribution is 0.205. The molecule has 8 heteroatoms. The summed E-state index contributed by atoms with van der Waals surface area (Å²) in [5.74, 6) is 0. The number of carbonyl (C=O) groups excluding carboxylic acids is 2. The number of amides is 4. The molecule has 6 nitrogen and oxygen atoms in total. The molecular formula is C19H20Cl2N4O2. The molecule has 2 aromatic rings. The van der Waals surface area contributed by atoms with Crippen molar-refractivity contribution in [1.29, 1.82) is 0 Å². The molecule has 4 amide bonds. The minimum Gasteiger partial charge on any atom is -0.323 e. The summed E-state index contributed by atoms with van der Waals surface area (Å²) in [5, 5.41) is 6.61. The van der Waals surface area contributed by atoms with E-state index in [1.54, 1.807) is 46.2 Å². The highest BCUT2D eigenvalue weighted by molar-refractivity contribution is 6.34. The zero-order valence-corrected chi connectivity index (χ0v) is 16.1. The Balaban J connectivity index is 1.57. The summed E-state index contributed by atoms with van der Waals surface area (Å²) in [6, 6.07) is 13.7. The van der Waals surface area contributed by atoms with Gasteiger partial charge in [0, 0.05) is 26.2 Å². The summed E-state index contributed by atoms with van der Waals surface area (Å²) in [6.07, 6.45) is 0.686. The highest BCUT2D eigenvalue weighted by atomic mass is 35.5. The fourth-order valence-electron chi connectivity index (χ4n) is 2.84. The van der Waals surface area contributed by atoms with Gasteiger partial charge in [-0.15, -0.1) is 0 Å². The molecule has 1 aliphatic heterocycles. The number of hydrogen-bond acceptors (Lipinski definition) is 2. The molecule has 0 atom stereocenters. The van der Waals surface area contributed by atoms with Crippen LogP contribution >= 0.6 is 23.2 Å². The van der Waals surface area contributed by atoms with E-state index in [1.807, 2.05) is 12.1 Å². The first-order chi connectivity index (χ1) is 13.0. The summed E-state index contributed by atoms with van der Waals surface area (Å²) >= 11 is 12.2. The SMILES string of the molecule is O=C(Nc1ccccc1Cl)N1CCCN(C(=O)Nc2ccccc2Cl)CC1. The van der Waals surface area contributed by atoms with Gasteiger partial charge in [-0.25, -0.2) is 9.59 Å². The van der Waals surface area contributed by atoms with Crippen LogP contribution in [0.2, 0.25) is 10.0 Å². The highest BCUT2D eigenvalue weighted by Crippen LogP contribution is 2.22. The number of hydrogen-bond donors (Lipinski definition) is 2. The summed E-state index contributed by atoms with van der Waals surface area (Å²) in [4.78, 5) is 28.4. The van der Waals surface area contributed by atoms with Gasteiger partial charge in [0.1, 0.15) is 0 Å². The Bertz CT molecular complexity index is 763. The number of carbonyl (C=O) groups is 2. The number of rotatable bonds is 2.